The molecule has 0 spiro atoms. The van der Waals surface area contributed by atoms with Crippen LogP contribution in [0, 0.1) is 0 Å². The highest BCUT2D eigenvalue weighted by molar-refractivity contribution is 5.71. The first-order valence-electron chi connectivity index (χ1n) is 26.7. The van der Waals surface area contributed by atoms with Crippen molar-refractivity contribution in [3.8, 4) is 0 Å². The van der Waals surface area contributed by atoms with Gasteiger partial charge in [0.1, 0.15) is 6.61 Å². The third-order valence-corrected chi connectivity index (χ3v) is 10.7. The number of unbranched alkanes of at least 4 members (excludes halogenated alkanes) is 15. The van der Waals surface area contributed by atoms with Gasteiger partial charge in [-0.1, -0.05) is 225 Å². The van der Waals surface area contributed by atoms with Gasteiger partial charge in [-0.15, -0.1) is 0 Å². The fourth-order valence-electron chi connectivity index (χ4n) is 6.85. The molecule has 0 aromatic rings. The number of hydrogen-bond donors (Lipinski definition) is 0. The van der Waals surface area contributed by atoms with Crippen LogP contribution in [-0.2, 0) is 23.8 Å². The lowest BCUT2D eigenvalue weighted by atomic mass is 10.1. The number of allylic oxidation sites excluding steroid dienone is 21. The molecule has 1 unspecified atom stereocenters. The van der Waals surface area contributed by atoms with Crippen molar-refractivity contribution in [3.05, 3.63) is 134 Å². The van der Waals surface area contributed by atoms with Crippen molar-refractivity contribution in [1.82, 2.24) is 0 Å². The topological polar surface area (TPSA) is 61.8 Å². The molecule has 5 nitrogen and oxygen atoms in total. The summed E-state index contributed by atoms with van der Waals surface area (Å²) in [5, 5.41) is 0. The molecule has 0 saturated heterocycles. The maximum absolute atomic E-state index is 12.8. The summed E-state index contributed by atoms with van der Waals surface area (Å²) in [5.41, 5.74) is 0. The van der Waals surface area contributed by atoms with Crippen molar-refractivity contribution in [2.24, 2.45) is 0 Å². The quantitative estimate of drug-likeness (QED) is 0.0346. The van der Waals surface area contributed by atoms with Crippen molar-refractivity contribution in [3.63, 3.8) is 0 Å². The second kappa shape index (κ2) is 55.4. The van der Waals surface area contributed by atoms with Crippen LogP contribution >= 0.6 is 0 Å². The normalized spacial score (nSPS) is 13.3. The fraction of sp³-hybridized carbons (Fsp3) is 0.607. The Kier molecular flexibility index (Phi) is 52.0. The predicted octanol–water partition coefficient (Wildman–Crippen LogP) is 18.3. The Morgan fingerprint density at radius 2 is 0.682 bits per heavy atom. The van der Waals surface area contributed by atoms with Crippen LogP contribution in [0.25, 0.3) is 0 Å². The van der Waals surface area contributed by atoms with E-state index in [-0.39, 0.29) is 31.6 Å². The Bertz CT molecular complexity index is 1400. The lowest BCUT2D eigenvalue weighted by molar-refractivity contribution is -0.162. The first-order chi connectivity index (χ1) is 32.6. The van der Waals surface area contributed by atoms with Crippen LogP contribution in [0.3, 0.4) is 0 Å². The molecule has 0 radical (unpaired) electrons. The largest absolute Gasteiger partial charge is 0.462 e. The van der Waals surface area contributed by atoms with Gasteiger partial charge in [-0.05, 0) is 109 Å². The van der Waals surface area contributed by atoms with Crippen LogP contribution in [0.5, 0.6) is 0 Å². The zero-order valence-corrected chi connectivity index (χ0v) is 42.7. The molecule has 372 valence electrons. The number of hydrogen-bond acceptors (Lipinski definition) is 5. The molecule has 0 amide bonds. The average molecular weight is 911 g/mol. The molecule has 0 bridgehead atoms. The van der Waals surface area contributed by atoms with Crippen LogP contribution in [0.2, 0.25) is 0 Å². The first kappa shape index (κ1) is 62.0. The van der Waals surface area contributed by atoms with Crippen LogP contribution in [-0.4, -0.2) is 37.9 Å². The molecule has 0 aliphatic carbocycles. The van der Waals surface area contributed by atoms with E-state index in [2.05, 4.69) is 142 Å². The maximum Gasteiger partial charge on any atom is 0.310 e. The number of esters is 2. The highest BCUT2D eigenvalue weighted by Gasteiger charge is 2.17. The second-order valence-corrected chi connectivity index (χ2v) is 17.0. The highest BCUT2D eigenvalue weighted by Crippen LogP contribution is 2.13. The summed E-state index contributed by atoms with van der Waals surface area (Å²) in [5.74, 6) is -0.567. The molecule has 0 N–H and O–H groups in total. The van der Waals surface area contributed by atoms with Gasteiger partial charge >= 0.3 is 11.9 Å². The lowest BCUT2D eigenvalue weighted by Gasteiger charge is -2.18. The summed E-state index contributed by atoms with van der Waals surface area (Å²) in [4.78, 5) is 25.4. The van der Waals surface area contributed by atoms with Crippen molar-refractivity contribution < 1.29 is 23.8 Å². The van der Waals surface area contributed by atoms with E-state index >= 15 is 0 Å². The van der Waals surface area contributed by atoms with Crippen molar-refractivity contribution in [1.29, 1.82) is 0 Å². The van der Waals surface area contributed by atoms with Gasteiger partial charge in [0, 0.05) is 13.0 Å². The van der Waals surface area contributed by atoms with E-state index in [1.165, 1.54) is 70.6 Å². The standard InChI is InChI=1S/C61H98O5/c1-4-7-10-13-16-19-22-25-28-30-32-35-38-41-44-47-50-53-56-64-57-59(66-61(63)55-52-49-46-43-40-37-33-27-24-21-18-15-12-9-6-3)58-65-60(62)54-51-48-45-42-39-36-34-31-29-26-23-20-17-14-11-8-5-2/h7-12,16-21,25-29,33,40,43,49,52,59H,4-6,13-15,22-24,30-32,34-39,41-42,44-48,50-51,53-58H2,1-3H3/b10-7-,11-8-,12-9-,19-16-,20-17-,21-18-,28-25-,29-26-,33-27-,43-40-,52-49-. The van der Waals surface area contributed by atoms with Gasteiger partial charge < -0.3 is 14.2 Å². The third-order valence-electron chi connectivity index (χ3n) is 10.7. The highest BCUT2D eigenvalue weighted by atomic mass is 16.6. The molecule has 5 heteroatoms. The number of carbonyl (C=O) groups excluding carboxylic acids is 2. The van der Waals surface area contributed by atoms with Crippen LogP contribution < -0.4 is 0 Å². The molecule has 0 aromatic heterocycles. The lowest BCUT2D eigenvalue weighted by Crippen LogP contribution is -2.29. The third kappa shape index (κ3) is 52.7. The molecule has 1 atom stereocenters. The van der Waals surface area contributed by atoms with E-state index in [0.717, 1.165) is 109 Å². The number of ether oxygens (including phenoxy) is 3. The first-order valence-corrected chi connectivity index (χ1v) is 26.7. The minimum Gasteiger partial charge on any atom is -0.462 e. The van der Waals surface area contributed by atoms with E-state index in [1.807, 2.05) is 12.2 Å². The maximum atomic E-state index is 12.8. The number of carbonyl (C=O) groups is 2. The Morgan fingerprint density at radius 1 is 0.348 bits per heavy atom. The monoisotopic (exact) mass is 911 g/mol. The van der Waals surface area contributed by atoms with Gasteiger partial charge in [0.15, 0.2) is 6.10 Å². The van der Waals surface area contributed by atoms with E-state index in [4.69, 9.17) is 14.2 Å². The zero-order chi connectivity index (χ0) is 47.7. The minimum atomic E-state index is -0.609. The Labute approximate surface area is 407 Å². The van der Waals surface area contributed by atoms with Gasteiger partial charge in [-0.25, -0.2) is 0 Å². The summed E-state index contributed by atoms with van der Waals surface area (Å²) in [7, 11) is 0. The fourth-order valence-corrected chi connectivity index (χ4v) is 6.85. The van der Waals surface area contributed by atoms with E-state index in [0.29, 0.717) is 13.0 Å². The molecule has 0 aliphatic rings. The van der Waals surface area contributed by atoms with Crippen molar-refractivity contribution in [2.75, 3.05) is 19.8 Å². The summed E-state index contributed by atoms with van der Waals surface area (Å²) in [6.07, 6.45) is 79.2. The van der Waals surface area contributed by atoms with Crippen LogP contribution in [0.4, 0.5) is 0 Å². The summed E-state index contributed by atoms with van der Waals surface area (Å²) < 4.78 is 17.3. The zero-order valence-electron chi connectivity index (χ0n) is 42.7. The van der Waals surface area contributed by atoms with E-state index in [9.17, 15) is 9.59 Å². The second-order valence-electron chi connectivity index (χ2n) is 17.0. The molecule has 0 aromatic carbocycles. The van der Waals surface area contributed by atoms with E-state index < -0.39 is 6.10 Å². The molecule has 0 saturated carbocycles. The average Bonchev–Trinajstić information content (AvgIpc) is 3.32. The van der Waals surface area contributed by atoms with Crippen molar-refractivity contribution in [2.45, 2.75) is 219 Å². The van der Waals surface area contributed by atoms with Gasteiger partial charge in [0.25, 0.3) is 0 Å². The summed E-state index contributed by atoms with van der Waals surface area (Å²) >= 11 is 0. The SMILES string of the molecule is CC/C=C\C/C=C\C/C=C\C/C=C\C/C=C\CC(=O)OC(COCCCCCCCCCC/C=C\C/C=C\C/C=C\CC)COC(=O)CCCCCCCCC/C=C\C/C=C\C/C=C\CC. The molecule has 0 aliphatic heterocycles. The Hall–Kier alpha value is -3.96. The smallest absolute Gasteiger partial charge is 0.310 e. The molecular weight excluding hydrogens is 813 g/mol. The van der Waals surface area contributed by atoms with Gasteiger partial charge in [0.05, 0.1) is 13.0 Å². The number of rotatable bonds is 47. The van der Waals surface area contributed by atoms with Gasteiger partial charge in [-0.3, -0.25) is 9.59 Å². The predicted molar refractivity (Wildman–Crippen MR) is 288 cm³/mol. The molecule has 0 heterocycles. The van der Waals surface area contributed by atoms with Gasteiger partial charge in [0.2, 0.25) is 0 Å². The van der Waals surface area contributed by atoms with E-state index in [1.54, 1.807) is 0 Å². The molecule has 0 rings (SSSR count). The van der Waals surface area contributed by atoms with Crippen LogP contribution in [0.1, 0.15) is 213 Å². The molecule has 66 heavy (non-hydrogen) atoms. The molecule has 0 fully saturated rings. The molecular formula is C61H98O5. The Balaban J connectivity index is 4.43. The van der Waals surface area contributed by atoms with Crippen molar-refractivity contribution >= 4 is 11.9 Å². The Morgan fingerprint density at radius 3 is 1.09 bits per heavy atom. The summed E-state index contributed by atoms with van der Waals surface area (Å²) in [6.45, 7) is 7.35. The minimum absolute atomic E-state index is 0.0288. The van der Waals surface area contributed by atoms with Crippen LogP contribution in [0.15, 0.2) is 134 Å². The van der Waals surface area contributed by atoms with Gasteiger partial charge in [-0.2, -0.15) is 0 Å². The summed E-state index contributed by atoms with van der Waals surface area (Å²) in [6, 6.07) is 0.